The molecule has 1 heterocycles. The van der Waals surface area contributed by atoms with Crippen molar-refractivity contribution < 1.29 is 36.6 Å². The molecule has 5 nitrogen and oxygen atoms in total. The molecule has 9 heteroatoms. The number of benzene rings is 3. The standard InChI is InChI=1S/C28H21F4NO4/c1-3-24(17-4-6-22(34)7-5-17)26(35)25-9-8-23(10-16(25)2)36-14-21-15-37-27(33-21)18-11-19(28(30,31)32)13-20(29)12-18/h3-13,15,34H,14H2,1-2H3/b24-3-. The van der Waals surface area contributed by atoms with Crippen LogP contribution in [-0.2, 0) is 12.8 Å². The van der Waals surface area contributed by atoms with Gasteiger partial charge in [-0.3, -0.25) is 4.79 Å². The molecule has 0 radical (unpaired) electrons. The summed E-state index contributed by atoms with van der Waals surface area (Å²) < 4.78 is 63.6. The Hall–Kier alpha value is -4.40. The summed E-state index contributed by atoms with van der Waals surface area (Å²) in [5.41, 5.74) is 1.30. The van der Waals surface area contributed by atoms with E-state index in [-0.39, 0.29) is 35.3 Å². The van der Waals surface area contributed by atoms with Crippen molar-refractivity contribution in [3.63, 3.8) is 0 Å². The van der Waals surface area contributed by atoms with E-state index in [0.717, 1.165) is 12.1 Å². The van der Waals surface area contributed by atoms with E-state index in [9.17, 15) is 27.5 Å². The van der Waals surface area contributed by atoms with Gasteiger partial charge in [0.15, 0.2) is 5.78 Å². The summed E-state index contributed by atoms with van der Waals surface area (Å²) in [6, 6.07) is 13.3. The Kier molecular flexibility index (Phi) is 7.15. The quantitative estimate of drug-likeness (QED) is 0.159. The highest BCUT2D eigenvalue weighted by Crippen LogP contribution is 2.33. The molecule has 0 aliphatic carbocycles. The lowest BCUT2D eigenvalue weighted by Crippen LogP contribution is -2.06. The van der Waals surface area contributed by atoms with E-state index in [2.05, 4.69) is 4.98 Å². The van der Waals surface area contributed by atoms with Gasteiger partial charge in [0.1, 0.15) is 35.9 Å². The first-order valence-corrected chi connectivity index (χ1v) is 11.1. The van der Waals surface area contributed by atoms with Crippen molar-refractivity contribution in [3.05, 3.63) is 107 Å². The lowest BCUT2D eigenvalue weighted by Gasteiger charge is -2.11. The maximum Gasteiger partial charge on any atom is 0.416 e. The third-order valence-electron chi connectivity index (χ3n) is 5.56. The number of hydrogen-bond acceptors (Lipinski definition) is 5. The Morgan fingerprint density at radius 2 is 1.81 bits per heavy atom. The minimum atomic E-state index is -4.71. The SMILES string of the molecule is C/C=C(\C(=O)c1ccc(OCc2coc(-c3cc(F)cc(C(F)(F)F)c3)n2)cc1C)c1ccc(O)cc1. The summed E-state index contributed by atoms with van der Waals surface area (Å²) in [6.45, 7) is 3.46. The van der Waals surface area contributed by atoms with Crippen LogP contribution < -0.4 is 4.74 Å². The molecule has 1 N–H and O–H groups in total. The fraction of sp³-hybridized carbons (Fsp3) is 0.143. The minimum Gasteiger partial charge on any atom is -0.508 e. The smallest absolute Gasteiger partial charge is 0.416 e. The van der Waals surface area contributed by atoms with Crippen molar-refractivity contribution in [1.29, 1.82) is 0 Å². The molecule has 0 spiro atoms. The third-order valence-corrected chi connectivity index (χ3v) is 5.56. The number of rotatable bonds is 7. The van der Waals surface area contributed by atoms with E-state index in [1.807, 2.05) is 0 Å². The molecule has 0 amide bonds. The molecule has 0 atom stereocenters. The number of alkyl halides is 3. The zero-order chi connectivity index (χ0) is 26.7. The van der Waals surface area contributed by atoms with E-state index in [1.165, 1.54) is 18.4 Å². The van der Waals surface area contributed by atoms with Crippen molar-refractivity contribution in [2.45, 2.75) is 26.6 Å². The van der Waals surface area contributed by atoms with Gasteiger partial charge < -0.3 is 14.3 Å². The number of hydrogen-bond donors (Lipinski definition) is 1. The van der Waals surface area contributed by atoms with Gasteiger partial charge >= 0.3 is 6.18 Å². The summed E-state index contributed by atoms with van der Waals surface area (Å²) in [5.74, 6) is -0.876. The molecule has 1 aromatic heterocycles. The summed E-state index contributed by atoms with van der Waals surface area (Å²) in [4.78, 5) is 17.2. The number of carbonyl (C=O) groups is 1. The van der Waals surface area contributed by atoms with Crippen LogP contribution in [0, 0.1) is 12.7 Å². The zero-order valence-electron chi connectivity index (χ0n) is 19.8. The summed E-state index contributed by atoms with van der Waals surface area (Å²) in [5, 5.41) is 9.50. The number of nitrogens with zero attached hydrogens (tertiary/aromatic N) is 1. The number of halogens is 4. The van der Waals surface area contributed by atoms with Crippen LogP contribution in [0.4, 0.5) is 17.6 Å². The number of ether oxygens (including phenoxy) is 1. The highest BCUT2D eigenvalue weighted by atomic mass is 19.4. The molecular weight excluding hydrogens is 490 g/mol. The molecule has 0 saturated heterocycles. The Bertz CT molecular complexity index is 1470. The molecule has 3 aromatic carbocycles. The monoisotopic (exact) mass is 511 g/mol. The van der Waals surface area contributed by atoms with Crippen LogP contribution in [0.3, 0.4) is 0 Å². The van der Waals surface area contributed by atoms with Crippen molar-refractivity contribution in [2.24, 2.45) is 0 Å². The number of aromatic nitrogens is 1. The molecule has 0 aliphatic rings. The van der Waals surface area contributed by atoms with Gasteiger partial charge in [0.2, 0.25) is 5.89 Å². The molecule has 0 unspecified atom stereocenters. The number of aryl methyl sites for hydroxylation is 1. The van der Waals surface area contributed by atoms with Crippen LogP contribution in [0.2, 0.25) is 0 Å². The average Bonchev–Trinajstić information content (AvgIpc) is 3.33. The van der Waals surface area contributed by atoms with E-state index in [1.54, 1.807) is 50.3 Å². The van der Waals surface area contributed by atoms with E-state index in [0.29, 0.717) is 34.1 Å². The maximum absolute atomic E-state index is 13.7. The average molecular weight is 511 g/mol. The van der Waals surface area contributed by atoms with Crippen LogP contribution in [0.1, 0.15) is 39.7 Å². The zero-order valence-corrected chi connectivity index (χ0v) is 19.8. The summed E-state index contributed by atoms with van der Waals surface area (Å²) in [6.07, 6.45) is -1.79. The van der Waals surface area contributed by atoms with Crippen LogP contribution >= 0.6 is 0 Å². The van der Waals surface area contributed by atoms with Gasteiger partial charge in [0, 0.05) is 16.7 Å². The maximum atomic E-state index is 13.7. The molecule has 4 rings (SSSR count). The van der Waals surface area contributed by atoms with Gasteiger partial charge in [-0.25, -0.2) is 9.37 Å². The fourth-order valence-corrected chi connectivity index (χ4v) is 3.74. The number of phenols is 1. The van der Waals surface area contributed by atoms with Crippen molar-refractivity contribution in [1.82, 2.24) is 4.98 Å². The first-order valence-electron chi connectivity index (χ1n) is 11.1. The largest absolute Gasteiger partial charge is 0.508 e. The number of aromatic hydroxyl groups is 1. The normalized spacial score (nSPS) is 12.0. The lowest BCUT2D eigenvalue weighted by atomic mass is 9.94. The molecule has 0 saturated carbocycles. The molecule has 190 valence electrons. The Morgan fingerprint density at radius 3 is 2.46 bits per heavy atom. The Labute approximate surface area is 209 Å². The number of oxazole rings is 1. The minimum absolute atomic E-state index is 0.0642. The van der Waals surface area contributed by atoms with Crippen molar-refractivity contribution >= 4 is 11.4 Å². The predicted octanol–water partition coefficient (Wildman–Crippen LogP) is 7.38. The van der Waals surface area contributed by atoms with Gasteiger partial charge in [-0.15, -0.1) is 0 Å². The number of ketones is 1. The number of phenolic OH excluding ortho intramolecular Hbond substituents is 1. The van der Waals surface area contributed by atoms with Gasteiger partial charge in [-0.1, -0.05) is 18.2 Å². The number of Topliss-reactive ketones (excluding diaryl/α,β-unsaturated/α-hetero) is 1. The van der Waals surface area contributed by atoms with Crippen LogP contribution in [0.15, 0.2) is 77.4 Å². The van der Waals surface area contributed by atoms with Gasteiger partial charge in [-0.05, 0) is 73.5 Å². The van der Waals surface area contributed by atoms with Gasteiger partial charge in [0.05, 0.1) is 5.56 Å². The highest BCUT2D eigenvalue weighted by molar-refractivity contribution is 6.29. The topological polar surface area (TPSA) is 72.6 Å². The summed E-state index contributed by atoms with van der Waals surface area (Å²) >= 11 is 0. The first-order chi connectivity index (χ1) is 17.5. The molecule has 0 fully saturated rings. The van der Waals surface area contributed by atoms with E-state index >= 15 is 0 Å². The van der Waals surface area contributed by atoms with E-state index < -0.39 is 17.6 Å². The molecule has 4 aromatic rings. The number of carbonyl (C=O) groups excluding carboxylic acids is 1. The lowest BCUT2D eigenvalue weighted by molar-refractivity contribution is -0.137. The van der Waals surface area contributed by atoms with Gasteiger partial charge in [-0.2, -0.15) is 13.2 Å². The Balaban J connectivity index is 1.47. The summed E-state index contributed by atoms with van der Waals surface area (Å²) in [7, 11) is 0. The molecule has 0 aliphatic heterocycles. The predicted molar refractivity (Wildman–Crippen MR) is 128 cm³/mol. The van der Waals surface area contributed by atoms with Crippen LogP contribution in [0.25, 0.3) is 17.0 Å². The van der Waals surface area contributed by atoms with Crippen molar-refractivity contribution in [3.8, 4) is 23.0 Å². The Morgan fingerprint density at radius 1 is 1.08 bits per heavy atom. The van der Waals surface area contributed by atoms with E-state index in [4.69, 9.17) is 9.15 Å². The molecular formula is C28H21F4NO4. The highest BCUT2D eigenvalue weighted by Gasteiger charge is 2.32. The second-order valence-corrected chi connectivity index (χ2v) is 8.21. The fourth-order valence-electron chi connectivity index (χ4n) is 3.74. The molecule has 37 heavy (non-hydrogen) atoms. The van der Waals surface area contributed by atoms with Crippen LogP contribution in [-0.4, -0.2) is 15.9 Å². The second kappa shape index (κ2) is 10.3. The second-order valence-electron chi connectivity index (χ2n) is 8.21. The third kappa shape index (κ3) is 5.88. The van der Waals surface area contributed by atoms with Crippen molar-refractivity contribution in [2.75, 3.05) is 0 Å². The number of allylic oxidation sites excluding steroid dienone is 2. The first kappa shape index (κ1) is 25.7. The van der Waals surface area contributed by atoms with Crippen LogP contribution in [0.5, 0.6) is 11.5 Å². The molecule has 0 bridgehead atoms. The van der Waals surface area contributed by atoms with Gasteiger partial charge in [0.25, 0.3) is 0 Å².